The average molecular weight is 354 g/mol. The zero-order chi connectivity index (χ0) is 14.5. The Labute approximate surface area is 131 Å². The van der Waals surface area contributed by atoms with Gasteiger partial charge in [-0.15, -0.1) is 0 Å². The topological polar surface area (TPSA) is 55.1 Å². The Morgan fingerprint density at radius 1 is 1.15 bits per heavy atom. The van der Waals surface area contributed by atoms with E-state index < -0.39 is 0 Å². The largest absolute Gasteiger partial charge is 0.348 e. The van der Waals surface area contributed by atoms with Crippen molar-refractivity contribution in [3.05, 3.63) is 68.7 Å². The van der Waals surface area contributed by atoms with Crippen molar-refractivity contribution in [2.75, 3.05) is 0 Å². The first kappa shape index (κ1) is 15.0. The minimum atomic E-state index is -0.156. The fourth-order valence-electron chi connectivity index (χ4n) is 1.76. The Morgan fingerprint density at radius 3 is 2.40 bits per heavy atom. The first-order valence-corrected chi connectivity index (χ1v) is 7.28. The fraction of sp³-hybridized carbons (Fsp3) is 0.133. The number of carbonyl (C=O) groups excluding carboxylic acids is 1. The van der Waals surface area contributed by atoms with E-state index in [4.69, 9.17) is 17.3 Å². The summed E-state index contributed by atoms with van der Waals surface area (Å²) in [5.74, 6) is -0.156. The molecule has 0 aliphatic heterocycles. The number of amides is 1. The maximum atomic E-state index is 12.0. The molecule has 0 aliphatic rings. The molecule has 0 aliphatic carbocycles. The van der Waals surface area contributed by atoms with E-state index in [1.165, 1.54) is 0 Å². The van der Waals surface area contributed by atoms with E-state index in [0.717, 1.165) is 15.6 Å². The summed E-state index contributed by atoms with van der Waals surface area (Å²) in [4.78, 5) is 12.0. The van der Waals surface area contributed by atoms with Crippen LogP contribution < -0.4 is 11.1 Å². The van der Waals surface area contributed by atoms with Crippen molar-refractivity contribution >= 4 is 33.4 Å². The first-order valence-electron chi connectivity index (χ1n) is 6.10. The first-order chi connectivity index (χ1) is 9.58. The summed E-state index contributed by atoms with van der Waals surface area (Å²) >= 11 is 9.24. The lowest BCUT2D eigenvalue weighted by atomic mass is 10.1. The summed E-state index contributed by atoms with van der Waals surface area (Å²) in [5, 5.41) is 3.38. The van der Waals surface area contributed by atoms with Gasteiger partial charge in [0.15, 0.2) is 0 Å². The molecule has 3 N–H and O–H groups in total. The van der Waals surface area contributed by atoms with Gasteiger partial charge in [-0.25, -0.2) is 0 Å². The monoisotopic (exact) mass is 352 g/mol. The van der Waals surface area contributed by atoms with Crippen LogP contribution in [0.5, 0.6) is 0 Å². The predicted molar refractivity (Wildman–Crippen MR) is 84.7 cm³/mol. The molecule has 0 radical (unpaired) electrons. The van der Waals surface area contributed by atoms with Crippen molar-refractivity contribution in [1.29, 1.82) is 0 Å². The third-order valence-electron chi connectivity index (χ3n) is 2.84. The molecule has 0 fully saturated rings. The molecule has 0 spiro atoms. The second-order valence-electron chi connectivity index (χ2n) is 4.36. The molecule has 3 nitrogen and oxygen atoms in total. The molecule has 2 rings (SSSR count). The third-order valence-corrected chi connectivity index (χ3v) is 3.51. The summed E-state index contributed by atoms with van der Waals surface area (Å²) in [7, 11) is 0. The number of hydrogen-bond donors (Lipinski definition) is 2. The van der Waals surface area contributed by atoms with Crippen molar-refractivity contribution < 1.29 is 4.79 Å². The van der Waals surface area contributed by atoms with Crippen molar-refractivity contribution in [2.24, 2.45) is 5.73 Å². The highest BCUT2D eigenvalue weighted by molar-refractivity contribution is 9.10. The molecule has 0 saturated carbocycles. The maximum absolute atomic E-state index is 12.0. The lowest BCUT2D eigenvalue weighted by Crippen LogP contribution is -2.22. The van der Waals surface area contributed by atoms with Gasteiger partial charge in [-0.05, 0) is 29.3 Å². The van der Waals surface area contributed by atoms with Gasteiger partial charge < -0.3 is 11.1 Å². The van der Waals surface area contributed by atoms with Crippen molar-refractivity contribution in [2.45, 2.75) is 13.1 Å². The fourth-order valence-corrected chi connectivity index (χ4v) is 2.62. The van der Waals surface area contributed by atoms with Crippen LogP contribution in [0.15, 0.2) is 46.9 Å². The van der Waals surface area contributed by atoms with Gasteiger partial charge in [0.05, 0.1) is 0 Å². The SMILES string of the molecule is NCc1ccc(CNC(=O)c2cc(Cl)cc(Br)c2)cc1. The van der Waals surface area contributed by atoms with Crippen LogP contribution in [-0.2, 0) is 13.1 Å². The Hall–Kier alpha value is -1.36. The second-order valence-corrected chi connectivity index (χ2v) is 5.71. The molecule has 0 atom stereocenters. The molecule has 0 saturated heterocycles. The van der Waals surface area contributed by atoms with Crippen molar-refractivity contribution in [3.8, 4) is 0 Å². The van der Waals surface area contributed by atoms with Crippen molar-refractivity contribution in [3.63, 3.8) is 0 Å². The summed E-state index contributed by atoms with van der Waals surface area (Å²) in [5.41, 5.74) is 8.16. The van der Waals surface area contributed by atoms with E-state index in [1.54, 1.807) is 18.2 Å². The molecule has 104 valence electrons. The quantitative estimate of drug-likeness (QED) is 0.884. The summed E-state index contributed by atoms with van der Waals surface area (Å²) in [6.45, 7) is 0.983. The minimum Gasteiger partial charge on any atom is -0.348 e. The van der Waals surface area contributed by atoms with Crippen LogP contribution >= 0.6 is 27.5 Å². The van der Waals surface area contributed by atoms with Crippen LogP contribution in [0.1, 0.15) is 21.5 Å². The maximum Gasteiger partial charge on any atom is 0.251 e. The van der Waals surface area contributed by atoms with E-state index >= 15 is 0 Å². The van der Waals surface area contributed by atoms with Crippen LogP contribution in [0.3, 0.4) is 0 Å². The zero-order valence-electron chi connectivity index (χ0n) is 10.7. The minimum absolute atomic E-state index is 0.156. The van der Waals surface area contributed by atoms with E-state index in [1.807, 2.05) is 24.3 Å². The Morgan fingerprint density at radius 2 is 1.80 bits per heavy atom. The van der Waals surface area contributed by atoms with Gasteiger partial charge in [-0.1, -0.05) is 51.8 Å². The molecule has 0 heterocycles. The van der Waals surface area contributed by atoms with Gasteiger partial charge in [0.2, 0.25) is 0 Å². The Bertz CT molecular complexity index is 594. The van der Waals surface area contributed by atoms with Crippen LogP contribution in [0, 0.1) is 0 Å². The van der Waals surface area contributed by atoms with E-state index in [9.17, 15) is 4.79 Å². The van der Waals surface area contributed by atoms with Gasteiger partial charge in [0, 0.05) is 28.1 Å². The molecule has 20 heavy (non-hydrogen) atoms. The Kier molecular flexibility index (Phi) is 5.17. The molecule has 2 aromatic rings. The summed E-state index contributed by atoms with van der Waals surface area (Å²) in [6.07, 6.45) is 0. The molecule has 0 unspecified atom stereocenters. The number of rotatable bonds is 4. The van der Waals surface area contributed by atoms with Gasteiger partial charge in [0.1, 0.15) is 0 Å². The van der Waals surface area contributed by atoms with E-state index in [-0.39, 0.29) is 5.91 Å². The van der Waals surface area contributed by atoms with E-state index in [2.05, 4.69) is 21.2 Å². The molecular formula is C15H14BrClN2O. The number of nitrogens with two attached hydrogens (primary N) is 1. The number of benzene rings is 2. The highest BCUT2D eigenvalue weighted by Gasteiger charge is 2.07. The zero-order valence-corrected chi connectivity index (χ0v) is 13.0. The van der Waals surface area contributed by atoms with Crippen LogP contribution in [0.2, 0.25) is 5.02 Å². The molecule has 5 heteroatoms. The van der Waals surface area contributed by atoms with Crippen LogP contribution in [0.4, 0.5) is 0 Å². The number of nitrogens with one attached hydrogen (secondary N) is 1. The molecule has 0 aromatic heterocycles. The number of carbonyl (C=O) groups is 1. The number of hydrogen-bond acceptors (Lipinski definition) is 2. The van der Waals surface area contributed by atoms with Gasteiger partial charge in [-0.3, -0.25) is 4.79 Å². The predicted octanol–water partition coefficient (Wildman–Crippen LogP) is 3.49. The lowest BCUT2D eigenvalue weighted by Gasteiger charge is -2.07. The molecule has 1 amide bonds. The summed E-state index contributed by atoms with van der Waals surface area (Å²) < 4.78 is 0.780. The second kappa shape index (κ2) is 6.88. The highest BCUT2D eigenvalue weighted by Crippen LogP contribution is 2.19. The molecule has 0 bridgehead atoms. The smallest absolute Gasteiger partial charge is 0.251 e. The van der Waals surface area contributed by atoms with Gasteiger partial charge in [-0.2, -0.15) is 0 Å². The van der Waals surface area contributed by atoms with Crippen LogP contribution in [-0.4, -0.2) is 5.91 Å². The summed E-state index contributed by atoms with van der Waals surface area (Å²) in [6, 6.07) is 12.9. The van der Waals surface area contributed by atoms with Gasteiger partial charge >= 0.3 is 0 Å². The van der Waals surface area contributed by atoms with Crippen molar-refractivity contribution in [1.82, 2.24) is 5.32 Å². The lowest BCUT2D eigenvalue weighted by molar-refractivity contribution is 0.0951. The average Bonchev–Trinajstić information content (AvgIpc) is 2.44. The van der Waals surface area contributed by atoms with Gasteiger partial charge in [0.25, 0.3) is 5.91 Å². The Balaban J connectivity index is 2.00. The highest BCUT2D eigenvalue weighted by atomic mass is 79.9. The van der Waals surface area contributed by atoms with E-state index in [0.29, 0.717) is 23.7 Å². The molecular weight excluding hydrogens is 340 g/mol. The standard InChI is InChI=1S/C15H14BrClN2O/c16-13-5-12(6-14(17)7-13)15(20)19-9-11-3-1-10(8-18)2-4-11/h1-7H,8-9,18H2,(H,19,20). The normalized spacial score (nSPS) is 10.3. The molecule has 2 aromatic carbocycles. The third kappa shape index (κ3) is 4.07. The number of halogens is 2. The van der Waals surface area contributed by atoms with Crippen LogP contribution in [0.25, 0.3) is 0 Å².